The summed E-state index contributed by atoms with van der Waals surface area (Å²) >= 11 is 5.96. The molecule has 1 amide bonds. The first kappa shape index (κ1) is 19.8. The van der Waals surface area contributed by atoms with Gasteiger partial charge < -0.3 is 4.90 Å². The van der Waals surface area contributed by atoms with E-state index in [9.17, 15) is 17.6 Å². The molecule has 0 atom stereocenters. The van der Waals surface area contributed by atoms with Crippen LogP contribution in [0.15, 0.2) is 41.3 Å². The van der Waals surface area contributed by atoms with Gasteiger partial charge in [0.05, 0.1) is 15.5 Å². The van der Waals surface area contributed by atoms with E-state index in [0.29, 0.717) is 0 Å². The number of sulfonamides is 1. The van der Waals surface area contributed by atoms with Crippen molar-refractivity contribution in [3.63, 3.8) is 0 Å². The summed E-state index contributed by atoms with van der Waals surface area (Å²) in [7, 11) is -3.64. The first-order valence-electron chi connectivity index (χ1n) is 8.52. The standard InChI is InChI=1S/C19H20ClFN2O3S/c1-13-6-7-15(12-14(13)2)27(25,26)23-10-8-22(9-11-23)19(24)18-16(20)4-3-5-17(18)21/h3-7,12H,8-11H2,1-2H3. The molecule has 5 nitrogen and oxygen atoms in total. The number of benzene rings is 2. The Hall–Kier alpha value is -1.96. The number of piperazine rings is 1. The lowest BCUT2D eigenvalue weighted by Crippen LogP contribution is -2.50. The number of aryl methyl sites for hydroxylation is 2. The number of hydrogen-bond donors (Lipinski definition) is 0. The van der Waals surface area contributed by atoms with Crippen LogP contribution in [0.25, 0.3) is 0 Å². The summed E-state index contributed by atoms with van der Waals surface area (Å²) < 4.78 is 41.0. The van der Waals surface area contributed by atoms with Gasteiger partial charge in [0.15, 0.2) is 0 Å². The van der Waals surface area contributed by atoms with Crippen LogP contribution in [0.5, 0.6) is 0 Å². The molecule has 0 aromatic heterocycles. The SMILES string of the molecule is Cc1ccc(S(=O)(=O)N2CCN(C(=O)c3c(F)cccc3Cl)CC2)cc1C. The predicted molar refractivity (Wildman–Crippen MR) is 102 cm³/mol. The Morgan fingerprint density at radius 2 is 1.70 bits per heavy atom. The lowest BCUT2D eigenvalue weighted by molar-refractivity contribution is 0.0693. The summed E-state index contributed by atoms with van der Waals surface area (Å²) in [5.41, 5.74) is 1.75. The molecular weight excluding hydrogens is 391 g/mol. The topological polar surface area (TPSA) is 57.7 Å². The number of carbonyl (C=O) groups excluding carboxylic acids is 1. The van der Waals surface area contributed by atoms with E-state index in [1.54, 1.807) is 18.2 Å². The Bertz CT molecular complexity index is 966. The molecule has 1 fully saturated rings. The Morgan fingerprint density at radius 1 is 1.04 bits per heavy atom. The van der Waals surface area contributed by atoms with Crippen LogP contribution < -0.4 is 0 Å². The highest BCUT2D eigenvalue weighted by atomic mass is 35.5. The van der Waals surface area contributed by atoms with Gasteiger partial charge in [-0.25, -0.2) is 12.8 Å². The molecule has 0 unspecified atom stereocenters. The molecule has 1 aliphatic heterocycles. The number of halogens is 2. The van der Waals surface area contributed by atoms with Gasteiger partial charge in [0.25, 0.3) is 5.91 Å². The molecule has 0 aliphatic carbocycles. The van der Waals surface area contributed by atoms with Crippen molar-refractivity contribution in [2.45, 2.75) is 18.7 Å². The number of hydrogen-bond acceptors (Lipinski definition) is 3. The minimum absolute atomic E-state index is 0.0465. The van der Waals surface area contributed by atoms with Crippen LogP contribution in [0.1, 0.15) is 21.5 Å². The Balaban J connectivity index is 1.75. The Kier molecular flexibility index (Phi) is 5.55. The largest absolute Gasteiger partial charge is 0.336 e. The van der Waals surface area contributed by atoms with E-state index in [2.05, 4.69) is 0 Å². The summed E-state index contributed by atoms with van der Waals surface area (Å²) in [6.45, 7) is 4.42. The van der Waals surface area contributed by atoms with Crippen LogP contribution in [-0.4, -0.2) is 49.7 Å². The molecule has 1 heterocycles. The fraction of sp³-hybridized carbons (Fsp3) is 0.316. The fourth-order valence-electron chi connectivity index (χ4n) is 3.02. The van der Waals surface area contributed by atoms with E-state index in [1.165, 1.54) is 27.4 Å². The minimum Gasteiger partial charge on any atom is -0.336 e. The summed E-state index contributed by atoms with van der Waals surface area (Å²) in [6.07, 6.45) is 0. The van der Waals surface area contributed by atoms with Crippen molar-refractivity contribution in [3.8, 4) is 0 Å². The number of rotatable bonds is 3. The van der Waals surface area contributed by atoms with Gasteiger partial charge >= 0.3 is 0 Å². The van der Waals surface area contributed by atoms with E-state index >= 15 is 0 Å². The van der Waals surface area contributed by atoms with Crippen LogP contribution >= 0.6 is 11.6 Å². The van der Waals surface area contributed by atoms with Crippen LogP contribution in [0.2, 0.25) is 5.02 Å². The molecule has 0 radical (unpaired) electrons. The summed E-state index contributed by atoms with van der Waals surface area (Å²) in [5.74, 6) is -1.21. The molecule has 1 saturated heterocycles. The molecule has 2 aromatic rings. The average molecular weight is 411 g/mol. The van der Waals surface area contributed by atoms with Crippen LogP contribution in [0, 0.1) is 19.7 Å². The molecule has 8 heteroatoms. The van der Waals surface area contributed by atoms with Gasteiger partial charge in [-0.1, -0.05) is 23.7 Å². The second-order valence-corrected chi connectivity index (χ2v) is 8.88. The van der Waals surface area contributed by atoms with Gasteiger partial charge in [-0.15, -0.1) is 0 Å². The third-order valence-electron chi connectivity index (χ3n) is 4.82. The van der Waals surface area contributed by atoms with Gasteiger partial charge in [0.1, 0.15) is 5.82 Å². The van der Waals surface area contributed by atoms with E-state index < -0.39 is 21.7 Å². The molecule has 2 aromatic carbocycles. The Labute approximate surface area is 163 Å². The molecule has 0 saturated carbocycles. The highest BCUT2D eigenvalue weighted by Crippen LogP contribution is 2.24. The van der Waals surface area contributed by atoms with Crippen molar-refractivity contribution in [1.82, 2.24) is 9.21 Å². The first-order chi connectivity index (χ1) is 12.7. The van der Waals surface area contributed by atoms with Gasteiger partial charge in [-0.05, 0) is 49.2 Å². The Morgan fingerprint density at radius 3 is 2.30 bits per heavy atom. The van der Waals surface area contributed by atoms with Crippen molar-refractivity contribution < 1.29 is 17.6 Å². The zero-order chi connectivity index (χ0) is 19.8. The van der Waals surface area contributed by atoms with Gasteiger partial charge in [0.2, 0.25) is 10.0 Å². The zero-order valence-electron chi connectivity index (χ0n) is 15.1. The van der Waals surface area contributed by atoms with Gasteiger partial charge in [-0.2, -0.15) is 4.31 Å². The summed E-state index contributed by atoms with van der Waals surface area (Å²) in [5, 5.41) is 0.0465. The first-order valence-corrected chi connectivity index (χ1v) is 10.3. The quantitative estimate of drug-likeness (QED) is 0.780. The molecule has 0 spiro atoms. The lowest BCUT2D eigenvalue weighted by Gasteiger charge is -2.34. The molecule has 27 heavy (non-hydrogen) atoms. The van der Waals surface area contributed by atoms with Crippen molar-refractivity contribution in [2.24, 2.45) is 0 Å². The molecule has 0 bridgehead atoms. The number of amides is 1. The highest BCUT2D eigenvalue weighted by molar-refractivity contribution is 7.89. The third-order valence-corrected chi connectivity index (χ3v) is 7.03. The maximum atomic E-state index is 14.0. The smallest absolute Gasteiger partial charge is 0.258 e. The summed E-state index contributed by atoms with van der Waals surface area (Å²) in [6, 6.07) is 9.10. The van der Waals surface area contributed by atoms with Crippen molar-refractivity contribution in [3.05, 3.63) is 63.9 Å². The van der Waals surface area contributed by atoms with E-state index in [4.69, 9.17) is 11.6 Å². The second kappa shape index (κ2) is 7.58. The van der Waals surface area contributed by atoms with E-state index in [-0.39, 0.29) is 41.7 Å². The molecule has 1 aliphatic rings. The zero-order valence-corrected chi connectivity index (χ0v) is 16.6. The second-order valence-electron chi connectivity index (χ2n) is 6.54. The molecular formula is C19H20ClFN2O3S. The average Bonchev–Trinajstić information content (AvgIpc) is 2.63. The maximum absolute atomic E-state index is 14.0. The maximum Gasteiger partial charge on any atom is 0.258 e. The molecule has 144 valence electrons. The number of nitrogens with zero attached hydrogens (tertiary/aromatic N) is 2. The number of carbonyl (C=O) groups is 1. The third kappa shape index (κ3) is 3.85. The minimum atomic E-state index is -3.64. The van der Waals surface area contributed by atoms with Crippen LogP contribution in [0.4, 0.5) is 4.39 Å². The highest BCUT2D eigenvalue weighted by Gasteiger charge is 2.31. The van der Waals surface area contributed by atoms with E-state index in [0.717, 1.165) is 11.1 Å². The molecule has 3 rings (SSSR count). The van der Waals surface area contributed by atoms with Crippen molar-refractivity contribution in [1.29, 1.82) is 0 Å². The van der Waals surface area contributed by atoms with Crippen LogP contribution in [0.3, 0.4) is 0 Å². The van der Waals surface area contributed by atoms with Gasteiger partial charge in [-0.3, -0.25) is 4.79 Å². The van der Waals surface area contributed by atoms with Crippen LogP contribution in [-0.2, 0) is 10.0 Å². The molecule has 0 N–H and O–H groups in total. The van der Waals surface area contributed by atoms with Crippen molar-refractivity contribution in [2.75, 3.05) is 26.2 Å². The van der Waals surface area contributed by atoms with E-state index in [1.807, 2.05) is 13.8 Å². The fourth-order valence-corrected chi connectivity index (χ4v) is 4.77. The summed E-state index contributed by atoms with van der Waals surface area (Å²) in [4.78, 5) is 14.2. The predicted octanol–water partition coefficient (Wildman–Crippen LogP) is 3.24. The van der Waals surface area contributed by atoms with Crippen molar-refractivity contribution >= 4 is 27.5 Å². The monoisotopic (exact) mass is 410 g/mol. The normalized spacial score (nSPS) is 15.8. The van der Waals surface area contributed by atoms with Gasteiger partial charge in [0, 0.05) is 26.2 Å². The lowest BCUT2D eigenvalue weighted by atomic mass is 10.1.